The number of aliphatic carboxylic acids is 2. The second kappa shape index (κ2) is 3.62. The van der Waals surface area contributed by atoms with Crippen LogP contribution in [0.15, 0.2) is 11.1 Å². The summed E-state index contributed by atoms with van der Waals surface area (Å²) in [7, 11) is 0. The largest absolute Gasteiger partial charge is 0.481 e. The van der Waals surface area contributed by atoms with Crippen LogP contribution in [0.2, 0.25) is 0 Å². The fraction of sp³-hybridized carbons (Fsp3) is 0.733. The zero-order valence-electron chi connectivity index (χ0n) is 11.4. The Morgan fingerprint density at radius 3 is 1.74 bits per heavy atom. The minimum Gasteiger partial charge on any atom is -0.481 e. The maximum absolute atomic E-state index is 12.0. The number of carboxylic acid groups (broad SMARTS) is 2. The molecule has 0 aromatic carbocycles. The van der Waals surface area contributed by atoms with E-state index in [2.05, 4.69) is 0 Å². The van der Waals surface area contributed by atoms with Crippen LogP contribution in [0.4, 0.5) is 0 Å². The van der Waals surface area contributed by atoms with E-state index < -0.39 is 22.8 Å². The van der Waals surface area contributed by atoms with Crippen molar-refractivity contribution in [1.29, 1.82) is 0 Å². The molecule has 3 rings (SSSR count). The molecule has 104 valence electrons. The van der Waals surface area contributed by atoms with Crippen LogP contribution in [-0.2, 0) is 9.59 Å². The lowest BCUT2D eigenvalue weighted by atomic mass is 9.57. The van der Waals surface area contributed by atoms with E-state index in [-0.39, 0.29) is 11.8 Å². The summed E-state index contributed by atoms with van der Waals surface area (Å²) in [5, 5.41) is 19.6. The maximum Gasteiger partial charge on any atom is 0.311 e. The van der Waals surface area contributed by atoms with Crippen molar-refractivity contribution >= 4 is 11.9 Å². The Morgan fingerprint density at radius 2 is 1.42 bits per heavy atom. The van der Waals surface area contributed by atoms with E-state index in [0.717, 1.165) is 30.4 Å². The number of hydrogen-bond donors (Lipinski definition) is 2. The van der Waals surface area contributed by atoms with Crippen LogP contribution in [0.25, 0.3) is 0 Å². The van der Waals surface area contributed by atoms with E-state index >= 15 is 0 Å². The number of hydrogen-bond acceptors (Lipinski definition) is 2. The van der Waals surface area contributed by atoms with Crippen molar-refractivity contribution < 1.29 is 19.8 Å². The Morgan fingerprint density at radius 1 is 1.00 bits per heavy atom. The Kier molecular flexibility index (Phi) is 2.42. The summed E-state index contributed by atoms with van der Waals surface area (Å²) in [6.45, 7) is 3.99. The highest BCUT2D eigenvalue weighted by molar-refractivity contribution is 5.91. The van der Waals surface area contributed by atoms with Crippen molar-refractivity contribution in [3.05, 3.63) is 11.1 Å². The van der Waals surface area contributed by atoms with Crippen LogP contribution in [0.5, 0.6) is 0 Å². The molecular weight excluding hydrogens is 244 g/mol. The molecule has 0 aliphatic heterocycles. The first-order valence-corrected chi connectivity index (χ1v) is 7.03. The Balaban J connectivity index is 2.29. The zero-order chi connectivity index (χ0) is 14.0. The molecule has 0 aromatic rings. The summed E-state index contributed by atoms with van der Waals surface area (Å²) in [6, 6.07) is 0. The van der Waals surface area contributed by atoms with Crippen LogP contribution in [0.1, 0.15) is 46.0 Å². The van der Waals surface area contributed by atoms with E-state index in [1.807, 2.05) is 13.8 Å². The Hall–Kier alpha value is -1.32. The summed E-state index contributed by atoms with van der Waals surface area (Å²) >= 11 is 0. The van der Waals surface area contributed by atoms with Crippen LogP contribution < -0.4 is 0 Å². The third-order valence-electron chi connectivity index (χ3n) is 5.96. The van der Waals surface area contributed by atoms with E-state index in [0.29, 0.717) is 12.8 Å². The number of carboxylic acids is 2. The van der Waals surface area contributed by atoms with Crippen molar-refractivity contribution in [3.63, 3.8) is 0 Å². The van der Waals surface area contributed by atoms with Crippen LogP contribution in [0.3, 0.4) is 0 Å². The van der Waals surface area contributed by atoms with Gasteiger partial charge in [-0.1, -0.05) is 17.6 Å². The first kappa shape index (κ1) is 12.7. The van der Waals surface area contributed by atoms with Gasteiger partial charge >= 0.3 is 11.9 Å². The topological polar surface area (TPSA) is 74.6 Å². The van der Waals surface area contributed by atoms with Gasteiger partial charge in [0, 0.05) is 0 Å². The molecule has 3 aliphatic rings. The predicted molar refractivity (Wildman–Crippen MR) is 68.6 cm³/mol. The van der Waals surface area contributed by atoms with Gasteiger partial charge in [-0.25, -0.2) is 0 Å². The van der Waals surface area contributed by atoms with Gasteiger partial charge in [0.1, 0.15) is 0 Å². The van der Waals surface area contributed by atoms with Crippen molar-refractivity contribution in [2.75, 3.05) is 0 Å². The van der Waals surface area contributed by atoms with Crippen LogP contribution >= 0.6 is 0 Å². The zero-order valence-corrected chi connectivity index (χ0v) is 11.4. The molecule has 4 nitrogen and oxygen atoms in total. The van der Waals surface area contributed by atoms with Crippen LogP contribution in [0, 0.1) is 22.7 Å². The van der Waals surface area contributed by atoms with Gasteiger partial charge in [-0.05, 0) is 51.4 Å². The quantitative estimate of drug-likeness (QED) is 0.752. The SMILES string of the molecule is CC(C)=C1[C@H]2CC[C@@H]1[C@@]1(C(=O)O)CCC[C@@]21C(=O)O. The summed E-state index contributed by atoms with van der Waals surface area (Å²) in [6.07, 6.45) is 3.44. The smallest absolute Gasteiger partial charge is 0.311 e. The van der Waals surface area contributed by atoms with E-state index in [1.165, 1.54) is 0 Å². The van der Waals surface area contributed by atoms with Crippen molar-refractivity contribution in [2.24, 2.45) is 22.7 Å². The molecule has 0 radical (unpaired) electrons. The summed E-state index contributed by atoms with van der Waals surface area (Å²) in [5.74, 6) is -1.89. The molecular formula is C15H20O4. The molecule has 3 aliphatic carbocycles. The van der Waals surface area contributed by atoms with Gasteiger partial charge in [0.15, 0.2) is 0 Å². The lowest BCUT2D eigenvalue weighted by Crippen LogP contribution is -2.52. The fourth-order valence-corrected chi connectivity index (χ4v) is 5.56. The molecule has 4 atom stereocenters. The highest BCUT2D eigenvalue weighted by Crippen LogP contribution is 2.75. The van der Waals surface area contributed by atoms with Gasteiger partial charge in [0.05, 0.1) is 10.8 Å². The first-order chi connectivity index (χ1) is 8.89. The maximum atomic E-state index is 12.0. The van der Waals surface area contributed by atoms with Gasteiger partial charge in [-0.15, -0.1) is 0 Å². The van der Waals surface area contributed by atoms with E-state index in [4.69, 9.17) is 0 Å². The molecule has 0 aromatic heterocycles. The molecule has 4 heteroatoms. The van der Waals surface area contributed by atoms with Gasteiger partial charge in [0.25, 0.3) is 0 Å². The third kappa shape index (κ3) is 1.12. The minimum atomic E-state index is -1.05. The average molecular weight is 264 g/mol. The summed E-state index contributed by atoms with van der Waals surface area (Å²) in [4.78, 5) is 24.0. The van der Waals surface area contributed by atoms with Gasteiger partial charge < -0.3 is 10.2 Å². The van der Waals surface area contributed by atoms with E-state index in [1.54, 1.807) is 0 Å². The molecule has 19 heavy (non-hydrogen) atoms. The van der Waals surface area contributed by atoms with E-state index in [9.17, 15) is 19.8 Å². The number of carbonyl (C=O) groups is 2. The van der Waals surface area contributed by atoms with Gasteiger partial charge in [-0.2, -0.15) is 0 Å². The summed E-state index contributed by atoms with van der Waals surface area (Å²) < 4.78 is 0. The Bertz CT molecular complexity index is 464. The van der Waals surface area contributed by atoms with Crippen molar-refractivity contribution in [2.45, 2.75) is 46.0 Å². The van der Waals surface area contributed by atoms with Gasteiger partial charge in [-0.3, -0.25) is 9.59 Å². The third-order valence-corrected chi connectivity index (χ3v) is 5.96. The molecule has 0 amide bonds. The number of rotatable bonds is 2. The minimum absolute atomic E-state index is 0.0569. The fourth-order valence-electron chi connectivity index (χ4n) is 5.56. The predicted octanol–water partition coefficient (Wildman–Crippen LogP) is 2.69. The molecule has 0 saturated heterocycles. The first-order valence-electron chi connectivity index (χ1n) is 7.03. The number of fused-ring (bicyclic) bond motifs is 5. The number of allylic oxidation sites excluding steroid dienone is 2. The lowest BCUT2D eigenvalue weighted by Gasteiger charge is -2.42. The average Bonchev–Trinajstić information content (AvgIpc) is 2.96. The normalized spacial score (nSPS) is 43.4. The highest BCUT2D eigenvalue weighted by atomic mass is 16.4. The molecule has 0 heterocycles. The summed E-state index contributed by atoms with van der Waals surface area (Å²) in [5.41, 5.74) is 0.176. The lowest BCUT2D eigenvalue weighted by molar-refractivity contribution is -0.177. The molecule has 3 saturated carbocycles. The second-order valence-corrected chi connectivity index (χ2v) is 6.54. The molecule has 0 unspecified atom stereocenters. The molecule has 2 bridgehead atoms. The van der Waals surface area contributed by atoms with Crippen molar-refractivity contribution in [3.8, 4) is 0 Å². The van der Waals surface area contributed by atoms with Gasteiger partial charge in [0.2, 0.25) is 0 Å². The molecule has 2 N–H and O–H groups in total. The Labute approximate surface area is 112 Å². The highest BCUT2D eigenvalue weighted by Gasteiger charge is 2.78. The molecule has 0 spiro atoms. The standard InChI is InChI=1S/C15H20O4/c1-8(2)11-9-4-5-10(11)15(13(18)19)7-3-6-14(9,15)12(16)17/h9-10H,3-7H2,1-2H3,(H,16,17)(H,18,19)/t9-,10+,14+,15-. The molecule has 3 fully saturated rings. The monoisotopic (exact) mass is 264 g/mol. The van der Waals surface area contributed by atoms with Crippen molar-refractivity contribution in [1.82, 2.24) is 0 Å². The van der Waals surface area contributed by atoms with Crippen LogP contribution in [-0.4, -0.2) is 22.2 Å². The second-order valence-electron chi connectivity index (χ2n) is 6.54.